The lowest BCUT2D eigenvalue weighted by Crippen LogP contribution is -2.24. The lowest BCUT2D eigenvalue weighted by atomic mass is 9.89. The van der Waals surface area contributed by atoms with Crippen LogP contribution in [0.15, 0.2) is 36.7 Å². The van der Waals surface area contributed by atoms with Gasteiger partial charge in [-0.2, -0.15) is 0 Å². The summed E-state index contributed by atoms with van der Waals surface area (Å²) < 4.78 is 0. The number of hydrogen-bond acceptors (Lipinski definition) is 3. The molecule has 1 N–H and O–H groups in total. The van der Waals surface area contributed by atoms with Crippen molar-refractivity contribution < 1.29 is 4.79 Å². The fourth-order valence-corrected chi connectivity index (χ4v) is 2.85. The number of benzene rings is 1. The monoisotopic (exact) mass is 295 g/mol. The van der Waals surface area contributed by atoms with Crippen LogP contribution in [0, 0.1) is 12.8 Å². The summed E-state index contributed by atoms with van der Waals surface area (Å²) in [6.07, 6.45) is 8.91. The highest BCUT2D eigenvalue weighted by molar-refractivity contribution is 5.92. The molecule has 1 amide bonds. The van der Waals surface area contributed by atoms with E-state index in [9.17, 15) is 4.79 Å². The highest BCUT2D eigenvalue weighted by Gasteiger charge is 2.21. The van der Waals surface area contributed by atoms with Crippen molar-refractivity contribution in [3.63, 3.8) is 0 Å². The standard InChI is InChI=1S/C18H21N3O/c1-13-7-9-14(10-8-13)17-19-11-16(12-20-17)21-18(22)15-5-3-2-4-6-15/h7-12,15H,2-6H2,1H3,(H,21,22). The molecule has 4 heteroatoms. The first-order valence-electron chi connectivity index (χ1n) is 7.92. The molecule has 3 rings (SSSR count). The molecule has 0 spiro atoms. The highest BCUT2D eigenvalue weighted by atomic mass is 16.1. The van der Waals surface area contributed by atoms with Gasteiger partial charge in [0.1, 0.15) is 0 Å². The third-order valence-electron chi connectivity index (χ3n) is 4.21. The number of amides is 1. The van der Waals surface area contributed by atoms with Gasteiger partial charge in [-0.25, -0.2) is 9.97 Å². The molecule has 0 radical (unpaired) electrons. The van der Waals surface area contributed by atoms with E-state index in [2.05, 4.69) is 22.2 Å². The van der Waals surface area contributed by atoms with Crippen molar-refractivity contribution in [2.24, 2.45) is 5.92 Å². The Bertz CT molecular complexity index is 628. The number of nitrogens with zero attached hydrogens (tertiary/aromatic N) is 2. The van der Waals surface area contributed by atoms with Crippen LogP contribution < -0.4 is 5.32 Å². The number of anilines is 1. The number of aromatic nitrogens is 2. The van der Waals surface area contributed by atoms with E-state index in [0.29, 0.717) is 11.5 Å². The Balaban J connectivity index is 1.66. The Labute approximate surface area is 131 Å². The van der Waals surface area contributed by atoms with E-state index in [0.717, 1.165) is 31.2 Å². The summed E-state index contributed by atoms with van der Waals surface area (Å²) in [5.74, 6) is 0.924. The van der Waals surface area contributed by atoms with Crippen molar-refractivity contribution in [1.29, 1.82) is 0 Å². The molecule has 2 aromatic rings. The van der Waals surface area contributed by atoms with Crippen LogP contribution in [0.5, 0.6) is 0 Å². The van der Waals surface area contributed by atoms with E-state index in [1.54, 1.807) is 12.4 Å². The molecule has 0 aliphatic heterocycles. The van der Waals surface area contributed by atoms with Gasteiger partial charge >= 0.3 is 0 Å². The average Bonchev–Trinajstić information content (AvgIpc) is 2.57. The molecule has 0 atom stereocenters. The van der Waals surface area contributed by atoms with Gasteiger partial charge in [0.25, 0.3) is 0 Å². The zero-order valence-corrected chi connectivity index (χ0v) is 12.9. The summed E-state index contributed by atoms with van der Waals surface area (Å²) in [6, 6.07) is 8.09. The maximum atomic E-state index is 12.2. The zero-order valence-electron chi connectivity index (χ0n) is 12.9. The van der Waals surface area contributed by atoms with Crippen LogP contribution in [0.2, 0.25) is 0 Å². The fourth-order valence-electron chi connectivity index (χ4n) is 2.85. The van der Waals surface area contributed by atoms with Gasteiger partial charge in [-0.15, -0.1) is 0 Å². The molecule has 0 unspecified atom stereocenters. The number of carbonyl (C=O) groups is 1. The van der Waals surface area contributed by atoms with Crippen LogP contribution >= 0.6 is 0 Å². The van der Waals surface area contributed by atoms with Gasteiger partial charge in [0.05, 0.1) is 18.1 Å². The van der Waals surface area contributed by atoms with Crippen LogP contribution in [0.3, 0.4) is 0 Å². The van der Waals surface area contributed by atoms with Crippen molar-refractivity contribution in [2.45, 2.75) is 39.0 Å². The second-order valence-electron chi connectivity index (χ2n) is 5.99. The lowest BCUT2D eigenvalue weighted by molar-refractivity contribution is -0.120. The summed E-state index contributed by atoms with van der Waals surface area (Å²) in [5, 5.41) is 2.94. The summed E-state index contributed by atoms with van der Waals surface area (Å²) in [4.78, 5) is 20.9. The van der Waals surface area contributed by atoms with Crippen molar-refractivity contribution in [2.75, 3.05) is 5.32 Å². The van der Waals surface area contributed by atoms with Crippen LogP contribution in [0.1, 0.15) is 37.7 Å². The molecule has 114 valence electrons. The van der Waals surface area contributed by atoms with E-state index in [1.807, 2.05) is 24.3 Å². The molecule has 22 heavy (non-hydrogen) atoms. The molecule has 1 aliphatic rings. The normalized spacial score (nSPS) is 15.5. The number of rotatable bonds is 3. The number of carbonyl (C=O) groups excluding carboxylic acids is 1. The largest absolute Gasteiger partial charge is 0.323 e. The van der Waals surface area contributed by atoms with Crippen molar-refractivity contribution >= 4 is 11.6 Å². The summed E-state index contributed by atoms with van der Waals surface area (Å²) in [5.41, 5.74) is 2.86. The molecule has 1 aromatic heterocycles. The van der Waals surface area contributed by atoms with Gasteiger partial charge in [0, 0.05) is 11.5 Å². The SMILES string of the molecule is Cc1ccc(-c2ncc(NC(=O)C3CCCCC3)cn2)cc1. The van der Waals surface area contributed by atoms with Crippen molar-refractivity contribution in [3.8, 4) is 11.4 Å². The Morgan fingerprint density at radius 3 is 2.32 bits per heavy atom. The minimum absolute atomic E-state index is 0.103. The summed E-state index contributed by atoms with van der Waals surface area (Å²) in [6.45, 7) is 2.05. The molecule has 4 nitrogen and oxygen atoms in total. The topological polar surface area (TPSA) is 54.9 Å². The first-order valence-corrected chi connectivity index (χ1v) is 7.92. The van der Waals surface area contributed by atoms with Gasteiger partial charge in [0.15, 0.2) is 5.82 Å². The van der Waals surface area contributed by atoms with Gasteiger partial charge in [-0.05, 0) is 19.8 Å². The van der Waals surface area contributed by atoms with Gasteiger partial charge in [0.2, 0.25) is 5.91 Å². The number of aryl methyl sites for hydroxylation is 1. The zero-order chi connectivity index (χ0) is 15.4. The van der Waals surface area contributed by atoms with Gasteiger partial charge in [-0.3, -0.25) is 4.79 Å². The maximum absolute atomic E-state index is 12.2. The minimum atomic E-state index is 0.103. The van der Waals surface area contributed by atoms with E-state index < -0.39 is 0 Å². The quantitative estimate of drug-likeness (QED) is 0.932. The van der Waals surface area contributed by atoms with Crippen molar-refractivity contribution in [3.05, 3.63) is 42.2 Å². The van der Waals surface area contributed by atoms with Crippen LogP contribution in [-0.4, -0.2) is 15.9 Å². The molecule has 1 saturated carbocycles. The highest BCUT2D eigenvalue weighted by Crippen LogP contribution is 2.25. The first kappa shape index (κ1) is 14.7. The maximum Gasteiger partial charge on any atom is 0.227 e. The van der Waals surface area contributed by atoms with E-state index in [-0.39, 0.29) is 11.8 Å². The molecule has 1 fully saturated rings. The molecule has 0 bridgehead atoms. The van der Waals surface area contributed by atoms with Crippen LogP contribution in [0.25, 0.3) is 11.4 Å². The molecular weight excluding hydrogens is 274 g/mol. The Morgan fingerprint density at radius 1 is 1.05 bits per heavy atom. The summed E-state index contributed by atoms with van der Waals surface area (Å²) >= 11 is 0. The Morgan fingerprint density at radius 2 is 1.68 bits per heavy atom. The van der Waals surface area contributed by atoms with Crippen LogP contribution in [-0.2, 0) is 4.79 Å². The van der Waals surface area contributed by atoms with Crippen LogP contribution in [0.4, 0.5) is 5.69 Å². The Kier molecular flexibility index (Phi) is 4.47. The fraction of sp³-hybridized carbons (Fsp3) is 0.389. The molecule has 1 heterocycles. The molecule has 1 aromatic carbocycles. The van der Waals surface area contributed by atoms with E-state index >= 15 is 0 Å². The second-order valence-corrected chi connectivity index (χ2v) is 5.99. The van der Waals surface area contributed by atoms with E-state index in [4.69, 9.17) is 0 Å². The smallest absolute Gasteiger partial charge is 0.227 e. The molecule has 1 aliphatic carbocycles. The lowest BCUT2D eigenvalue weighted by Gasteiger charge is -2.20. The third-order valence-corrected chi connectivity index (χ3v) is 4.21. The average molecular weight is 295 g/mol. The number of hydrogen-bond donors (Lipinski definition) is 1. The first-order chi connectivity index (χ1) is 10.7. The van der Waals surface area contributed by atoms with E-state index in [1.165, 1.54) is 12.0 Å². The number of nitrogens with one attached hydrogen (secondary N) is 1. The van der Waals surface area contributed by atoms with Crippen molar-refractivity contribution in [1.82, 2.24) is 9.97 Å². The van der Waals surface area contributed by atoms with Gasteiger partial charge in [-0.1, -0.05) is 49.1 Å². The minimum Gasteiger partial charge on any atom is -0.323 e. The molecular formula is C18H21N3O. The predicted molar refractivity (Wildman–Crippen MR) is 87.4 cm³/mol. The molecule has 0 saturated heterocycles. The Hall–Kier alpha value is -2.23. The summed E-state index contributed by atoms with van der Waals surface area (Å²) in [7, 11) is 0. The van der Waals surface area contributed by atoms with Gasteiger partial charge < -0.3 is 5.32 Å². The second kappa shape index (κ2) is 6.69. The third kappa shape index (κ3) is 3.50. The predicted octanol–water partition coefficient (Wildman–Crippen LogP) is 3.97.